The Hall–Kier alpha value is -0.450. The van der Waals surface area contributed by atoms with Gasteiger partial charge < -0.3 is 10.8 Å². The first-order valence-electron chi connectivity index (χ1n) is 3.91. The maximum Gasteiger partial charge on any atom is 0.128 e. The van der Waals surface area contributed by atoms with Crippen molar-refractivity contribution >= 4 is 15.9 Å². The fraction of sp³-hybridized carbons (Fsp3) is 0.333. The van der Waals surface area contributed by atoms with Gasteiger partial charge in [0.1, 0.15) is 5.82 Å². The number of hydrogen-bond donors (Lipinski definition) is 2. The summed E-state index contributed by atoms with van der Waals surface area (Å²) in [5.41, 5.74) is 5.92. The molecule has 0 aliphatic heterocycles. The molecule has 0 amide bonds. The molecule has 1 aromatic carbocycles. The zero-order chi connectivity index (χ0) is 10.0. The Morgan fingerprint density at radius 2 is 2.15 bits per heavy atom. The molecule has 1 rings (SSSR count). The molecule has 0 fully saturated rings. The van der Waals surface area contributed by atoms with Gasteiger partial charge in [-0.2, -0.15) is 0 Å². The van der Waals surface area contributed by atoms with Crippen molar-refractivity contribution in [1.82, 2.24) is 0 Å². The third-order valence-electron chi connectivity index (χ3n) is 1.84. The SMILES string of the molecule is C[C@H](O)[C@H](N)c1cc(Br)ccc1F. The topological polar surface area (TPSA) is 46.2 Å². The molecular formula is C9H11BrFNO. The Morgan fingerprint density at radius 1 is 1.54 bits per heavy atom. The number of aliphatic hydroxyl groups excluding tert-OH is 1. The molecule has 2 nitrogen and oxygen atoms in total. The normalized spacial score (nSPS) is 15.5. The Labute approximate surface area is 84.7 Å². The number of halogens is 2. The highest BCUT2D eigenvalue weighted by atomic mass is 79.9. The van der Waals surface area contributed by atoms with Gasteiger partial charge in [-0.15, -0.1) is 0 Å². The first kappa shape index (κ1) is 10.6. The molecule has 3 N–H and O–H groups in total. The molecular weight excluding hydrogens is 237 g/mol. The molecule has 0 spiro atoms. The van der Waals surface area contributed by atoms with Crippen molar-refractivity contribution < 1.29 is 9.50 Å². The van der Waals surface area contributed by atoms with Crippen molar-refractivity contribution in [3.8, 4) is 0 Å². The minimum absolute atomic E-state index is 0.323. The zero-order valence-corrected chi connectivity index (χ0v) is 8.75. The van der Waals surface area contributed by atoms with Crippen LogP contribution >= 0.6 is 15.9 Å². The molecule has 0 saturated heterocycles. The lowest BCUT2D eigenvalue weighted by molar-refractivity contribution is 0.162. The predicted octanol–water partition coefficient (Wildman–Crippen LogP) is 1.97. The minimum atomic E-state index is -0.760. The Balaban J connectivity index is 3.05. The Kier molecular flexibility index (Phi) is 3.41. The fourth-order valence-corrected chi connectivity index (χ4v) is 1.41. The van der Waals surface area contributed by atoms with Gasteiger partial charge in [-0.1, -0.05) is 15.9 Å². The first-order valence-corrected chi connectivity index (χ1v) is 4.70. The molecule has 13 heavy (non-hydrogen) atoms. The van der Waals surface area contributed by atoms with E-state index in [4.69, 9.17) is 5.73 Å². The van der Waals surface area contributed by atoms with Gasteiger partial charge in [-0.05, 0) is 25.1 Å². The van der Waals surface area contributed by atoms with E-state index in [0.717, 1.165) is 4.47 Å². The number of benzene rings is 1. The van der Waals surface area contributed by atoms with Crippen LogP contribution in [0.3, 0.4) is 0 Å². The van der Waals surface area contributed by atoms with Crippen LogP contribution in [0.5, 0.6) is 0 Å². The summed E-state index contributed by atoms with van der Waals surface area (Å²) in [5.74, 6) is -0.392. The van der Waals surface area contributed by atoms with E-state index in [1.54, 1.807) is 12.1 Å². The minimum Gasteiger partial charge on any atom is -0.391 e. The van der Waals surface area contributed by atoms with E-state index in [2.05, 4.69) is 15.9 Å². The molecule has 2 atom stereocenters. The van der Waals surface area contributed by atoms with Gasteiger partial charge in [0.25, 0.3) is 0 Å². The van der Waals surface area contributed by atoms with Crippen molar-refractivity contribution in [1.29, 1.82) is 0 Å². The molecule has 1 aromatic rings. The first-order chi connectivity index (χ1) is 6.02. The lowest BCUT2D eigenvalue weighted by Gasteiger charge is -2.15. The molecule has 72 valence electrons. The highest BCUT2D eigenvalue weighted by Gasteiger charge is 2.16. The highest BCUT2D eigenvalue weighted by molar-refractivity contribution is 9.10. The van der Waals surface area contributed by atoms with E-state index in [9.17, 15) is 9.50 Å². The molecule has 0 saturated carbocycles. The molecule has 0 unspecified atom stereocenters. The van der Waals surface area contributed by atoms with Gasteiger partial charge in [0.05, 0.1) is 12.1 Å². The van der Waals surface area contributed by atoms with Gasteiger partial charge in [0.2, 0.25) is 0 Å². The van der Waals surface area contributed by atoms with Crippen LogP contribution in [-0.2, 0) is 0 Å². The largest absolute Gasteiger partial charge is 0.391 e. The third-order valence-corrected chi connectivity index (χ3v) is 2.33. The average molecular weight is 248 g/mol. The van der Waals surface area contributed by atoms with E-state index in [0.29, 0.717) is 5.56 Å². The highest BCUT2D eigenvalue weighted by Crippen LogP contribution is 2.22. The standard InChI is InChI=1S/C9H11BrFNO/c1-5(13)9(12)7-4-6(10)2-3-8(7)11/h2-5,9,13H,12H2,1H3/t5-,9-/m0/s1. The summed E-state index contributed by atoms with van der Waals surface area (Å²) < 4.78 is 13.9. The summed E-state index contributed by atoms with van der Waals surface area (Å²) in [7, 11) is 0. The smallest absolute Gasteiger partial charge is 0.128 e. The van der Waals surface area contributed by atoms with E-state index >= 15 is 0 Å². The quantitative estimate of drug-likeness (QED) is 0.840. The summed E-state index contributed by atoms with van der Waals surface area (Å²) in [6.07, 6.45) is -0.760. The number of nitrogens with two attached hydrogens (primary N) is 1. The van der Waals surface area contributed by atoms with Crippen LogP contribution in [0.15, 0.2) is 22.7 Å². The van der Waals surface area contributed by atoms with Crippen LogP contribution in [0.4, 0.5) is 4.39 Å². The van der Waals surface area contributed by atoms with Crippen LogP contribution in [0, 0.1) is 5.82 Å². The van der Waals surface area contributed by atoms with Crippen molar-refractivity contribution in [3.63, 3.8) is 0 Å². The van der Waals surface area contributed by atoms with Crippen molar-refractivity contribution in [2.24, 2.45) is 5.73 Å². The lowest BCUT2D eigenvalue weighted by atomic mass is 10.0. The number of aliphatic hydroxyl groups is 1. The van der Waals surface area contributed by atoms with Crippen LogP contribution < -0.4 is 5.73 Å². The maximum atomic E-state index is 13.2. The summed E-state index contributed by atoms with van der Waals surface area (Å²) >= 11 is 3.21. The fourth-order valence-electron chi connectivity index (χ4n) is 1.03. The van der Waals surface area contributed by atoms with Gasteiger partial charge in [-0.3, -0.25) is 0 Å². The second-order valence-electron chi connectivity index (χ2n) is 2.93. The third kappa shape index (κ3) is 2.49. The molecule has 0 aliphatic carbocycles. The molecule has 4 heteroatoms. The molecule has 0 aliphatic rings. The monoisotopic (exact) mass is 247 g/mol. The summed E-state index contributed by atoms with van der Waals surface area (Å²) in [6, 6.07) is 3.81. The van der Waals surface area contributed by atoms with Crippen molar-refractivity contribution in [2.45, 2.75) is 19.1 Å². The maximum absolute atomic E-state index is 13.2. The molecule has 0 aromatic heterocycles. The van der Waals surface area contributed by atoms with Crippen LogP contribution in [0.25, 0.3) is 0 Å². The number of hydrogen-bond acceptors (Lipinski definition) is 2. The molecule has 0 bridgehead atoms. The lowest BCUT2D eigenvalue weighted by Crippen LogP contribution is -2.24. The summed E-state index contributed by atoms with van der Waals surface area (Å²) in [4.78, 5) is 0. The predicted molar refractivity (Wildman–Crippen MR) is 52.7 cm³/mol. The van der Waals surface area contributed by atoms with Crippen LogP contribution in [0.1, 0.15) is 18.5 Å². The molecule has 0 heterocycles. The van der Waals surface area contributed by atoms with Crippen LogP contribution in [0.2, 0.25) is 0 Å². The van der Waals surface area contributed by atoms with Crippen LogP contribution in [-0.4, -0.2) is 11.2 Å². The van der Waals surface area contributed by atoms with E-state index in [1.165, 1.54) is 13.0 Å². The van der Waals surface area contributed by atoms with E-state index in [1.807, 2.05) is 0 Å². The van der Waals surface area contributed by atoms with Gasteiger partial charge in [0, 0.05) is 10.0 Å². The second kappa shape index (κ2) is 4.17. The van der Waals surface area contributed by atoms with Gasteiger partial charge >= 0.3 is 0 Å². The van der Waals surface area contributed by atoms with Crippen molar-refractivity contribution in [2.75, 3.05) is 0 Å². The second-order valence-corrected chi connectivity index (χ2v) is 3.85. The van der Waals surface area contributed by atoms with Gasteiger partial charge in [-0.25, -0.2) is 4.39 Å². The van der Waals surface area contributed by atoms with Crippen molar-refractivity contribution in [3.05, 3.63) is 34.1 Å². The summed E-state index contributed by atoms with van der Waals surface area (Å²) in [6.45, 7) is 1.53. The number of rotatable bonds is 2. The Bertz CT molecular complexity index is 304. The molecule has 0 radical (unpaired) electrons. The zero-order valence-electron chi connectivity index (χ0n) is 7.17. The van der Waals surface area contributed by atoms with E-state index in [-0.39, 0.29) is 0 Å². The van der Waals surface area contributed by atoms with E-state index < -0.39 is 18.0 Å². The van der Waals surface area contributed by atoms with Gasteiger partial charge in [0.15, 0.2) is 0 Å². The average Bonchev–Trinajstić information content (AvgIpc) is 2.08. The Morgan fingerprint density at radius 3 is 2.69 bits per heavy atom. The summed E-state index contributed by atoms with van der Waals surface area (Å²) in [5, 5.41) is 9.18.